The monoisotopic (exact) mass is 495 g/mol. The lowest BCUT2D eigenvalue weighted by molar-refractivity contribution is -0.137. The molecule has 0 aliphatic carbocycles. The molecule has 0 saturated carbocycles. The normalized spacial score (nSPS) is 16.2. The summed E-state index contributed by atoms with van der Waals surface area (Å²) in [5.41, 5.74) is 4.67. The summed E-state index contributed by atoms with van der Waals surface area (Å²) in [6.07, 6.45) is -4.33. The lowest BCUT2D eigenvalue weighted by Gasteiger charge is -2.30. The van der Waals surface area contributed by atoms with E-state index in [4.69, 9.17) is 23.2 Å². The molecule has 6 nitrogen and oxygen atoms in total. The van der Waals surface area contributed by atoms with Crippen LogP contribution in [0.2, 0.25) is 10.0 Å². The molecule has 168 valence electrons. The van der Waals surface area contributed by atoms with Gasteiger partial charge >= 0.3 is 6.18 Å². The second kappa shape index (κ2) is 9.23. The molecular weight excluding hydrogens is 478 g/mol. The van der Waals surface area contributed by atoms with Gasteiger partial charge in [0.15, 0.2) is 0 Å². The van der Waals surface area contributed by atoms with E-state index in [9.17, 15) is 26.4 Å². The number of amides is 1. The first-order valence-corrected chi connectivity index (χ1v) is 11.4. The van der Waals surface area contributed by atoms with Crippen LogP contribution in [0.1, 0.15) is 18.4 Å². The SMILES string of the molecule is O=C(NNc1cccc(Cl)c1)C1CCN(S(=O)(=O)c2ccc(Cl)c(C(F)(F)F)c2)CC1. The van der Waals surface area contributed by atoms with Gasteiger partial charge < -0.3 is 0 Å². The quantitative estimate of drug-likeness (QED) is 0.596. The van der Waals surface area contributed by atoms with Crippen molar-refractivity contribution in [2.45, 2.75) is 23.9 Å². The summed E-state index contributed by atoms with van der Waals surface area (Å²) >= 11 is 11.4. The first kappa shape index (κ1) is 23.6. The molecular formula is C19H18Cl2F3N3O3S. The van der Waals surface area contributed by atoms with Crippen LogP contribution in [-0.4, -0.2) is 31.7 Å². The van der Waals surface area contributed by atoms with Gasteiger partial charge in [0.25, 0.3) is 0 Å². The number of halogens is 5. The van der Waals surface area contributed by atoms with Crippen molar-refractivity contribution in [1.82, 2.24) is 9.73 Å². The first-order chi connectivity index (χ1) is 14.5. The Morgan fingerprint density at radius 2 is 1.74 bits per heavy atom. The molecule has 2 aromatic rings. The second-order valence-corrected chi connectivity index (χ2v) is 9.72. The molecule has 0 radical (unpaired) electrons. The molecule has 1 aliphatic heterocycles. The number of hydrogen-bond donors (Lipinski definition) is 2. The highest BCUT2D eigenvalue weighted by atomic mass is 35.5. The molecule has 0 aromatic heterocycles. The number of alkyl halides is 3. The lowest BCUT2D eigenvalue weighted by atomic mass is 9.98. The zero-order chi connectivity index (χ0) is 22.8. The van der Waals surface area contributed by atoms with E-state index in [1.54, 1.807) is 24.3 Å². The second-order valence-electron chi connectivity index (χ2n) is 6.94. The Balaban J connectivity index is 1.62. The van der Waals surface area contributed by atoms with Crippen molar-refractivity contribution in [3.05, 3.63) is 58.1 Å². The van der Waals surface area contributed by atoms with Crippen LogP contribution in [0, 0.1) is 5.92 Å². The standard InChI is InChI=1S/C19H18Cl2F3N3O3S/c20-13-2-1-3-14(10-13)25-26-18(28)12-6-8-27(9-7-12)31(29,30)15-4-5-17(21)16(11-15)19(22,23)24/h1-5,10-12,25H,6-9H2,(H,26,28). The van der Waals surface area contributed by atoms with Crippen LogP contribution in [0.5, 0.6) is 0 Å². The van der Waals surface area contributed by atoms with Gasteiger partial charge in [-0.25, -0.2) is 8.42 Å². The highest BCUT2D eigenvalue weighted by molar-refractivity contribution is 7.89. The smallest absolute Gasteiger partial charge is 0.299 e. The van der Waals surface area contributed by atoms with Crippen LogP contribution < -0.4 is 10.9 Å². The molecule has 1 aliphatic rings. The number of rotatable bonds is 5. The van der Waals surface area contributed by atoms with Crippen molar-refractivity contribution in [1.29, 1.82) is 0 Å². The third kappa shape index (κ3) is 5.62. The number of hydrogen-bond acceptors (Lipinski definition) is 4. The molecule has 1 heterocycles. The summed E-state index contributed by atoms with van der Waals surface area (Å²) in [6.45, 7) is 0.00310. The predicted molar refractivity (Wildman–Crippen MR) is 111 cm³/mol. The zero-order valence-corrected chi connectivity index (χ0v) is 18.2. The molecule has 1 saturated heterocycles. The van der Waals surface area contributed by atoms with Gasteiger partial charge in [0.1, 0.15) is 0 Å². The van der Waals surface area contributed by atoms with Gasteiger partial charge in [-0.15, -0.1) is 0 Å². The number of nitrogens with one attached hydrogen (secondary N) is 2. The number of benzene rings is 2. The Morgan fingerprint density at radius 3 is 2.35 bits per heavy atom. The highest BCUT2D eigenvalue weighted by Gasteiger charge is 2.37. The summed E-state index contributed by atoms with van der Waals surface area (Å²) in [4.78, 5) is 11.9. The average molecular weight is 496 g/mol. The lowest BCUT2D eigenvalue weighted by Crippen LogP contribution is -2.44. The first-order valence-electron chi connectivity index (χ1n) is 9.17. The summed E-state index contributed by atoms with van der Waals surface area (Å²) in [7, 11) is -4.16. The minimum absolute atomic E-state index is 0.00155. The Labute approximate surface area is 187 Å². The Morgan fingerprint density at radius 1 is 1.06 bits per heavy atom. The van der Waals surface area contributed by atoms with E-state index in [2.05, 4.69) is 10.9 Å². The Hall–Kier alpha value is -2.01. The fourth-order valence-corrected chi connectivity index (χ4v) is 5.10. The summed E-state index contributed by atoms with van der Waals surface area (Å²) < 4.78 is 65.8. The number of nitrogens with zero attached hydrogens (tertiary/aromatic N) is 1. The number of hydrazine groups is 1. The van der Waals surface area contributed by atoms with E-state index >= 15 is 0 Å². The molecule has 0 unspecified atom stereocenters. The van der Waals surface area contributed by atoms with Gasteiger partial charge in [0, 0.05) is 24.0 Å². The number of piperidine rings is 1. The Kier molecular flexibility index (Phi) is 7.04. The van der Waals surface area contributed by atoms with Crippen LogP contribution in [0.4, 0.5) is 18.9 Å². The fraction of sp³-hybridized carbons (Fsp3) is 0.316. The molecule has 2 N–H and O–H groups in total. The highest BCUT2D eigenvalue weighted by Crippen LogP contribution is 2.36. The summed E-state index contributed by atoms with van der Waals surface area (Å²) in [6, 6.07) is 9.22. The van der Waals surface area contributed by atoms with Crippen molar-refractivity contribution in [3.8, 4) is 0 Å². The van der Waals surface area contributed by atoms with Gasteiger partial charge in [-0.05, 0) is 49.2 Å². The Bertz CT molecular complexity index is 1070. The zero-order valence-electron chi connectivity index (χ0n) is 15.9. The van der Waals surface area contributed by atoms with Gasteiger partial charge in [0.05, 0.1) is 21.2 Å². The molecule has 0 atom stereocenters. The number of carbonyl (C=O) groups excluding carboxylic acids is 1. The van der Waals surface area contributed by atoms with Crippen LogP contribution >= 0.6 is 23.2 Å². The van der Waals surface area contributed by atoms with Crippen molar-refractivity contribution in [3.63, 3.8) is 0 Å². The van der Waals surface area contributed by atoms with Crippen LogP contribution in [0.15, 0.2) is 47.4 Å². The third-order valence-electron chi connectivity index (χ3n) is 4.86. The molecule has 1 fully saturated rings. The third-order valence-corrected chi connectivity index (χ3v) is 7.32. The van der Waals surface area contributed by atoms with Crippen molar-refractivity contribution in [2.24, 2.45) is 5.92 Å². The molecule has 0 bridgehead atoms. The molecule has 31 heavy (non-hydrogen) atoms. The van der Waals surface area contributed by atoms with E-state index in [0.29, 0.717) is 16.8 Å². The molecule has 1 amide bonds. The van der Waals surface area contributed by atoms with E-state index in [1.807, 2.05) is 0 Å². The molecule has 2 aromatic carbocycles. The fourth-order valence-electron chi connectivity index (χ4n) is 3.19. The van der Waals surface area contributed by atoms with E-state index in [0.717, 1.165) is 16.4 Å². The maximum absolute atomic E-state index is 13.1. The van der Waals surface area contributed by atoms with E-state index in [-0.39, 0.29) is 31.8 Å². The molecule has 0 spiro atoms. The number of carbonyl (C=O) groups is 1. The van der Waals surface area contributed by atoms with E-state index < -0.39 is 37.6 Å². The van der Waals surface area contributed by atoms with Crippen LogP contribution in [0.3, 0.4) is 0 Å². The number of sulfonamides is 1. The summed E-state index contributed by atoms with van der Waals surface area (Å²) in [5, 5.41) is -0.0809. The van der Waals surface area contributed by atoms with E-state index in [1.165, 1.54) is 0 Å². The van der Waals surface area contributed by atoms with Crippen LogP contribution in [-0.2, 0) is 21.0 Å². The van der Waals surface area contributed by atoms with Crippen molar-refractivity contribution >= 4 is 44.8 Å². The van der Waals surface area contributed by atoms with Crippen LogP contribution in [0.25, 0.3) is 0 Å². The minimum atomic E-state index is -4.77. The summed E-state index contributed by atoms with van der Waals surface area (Å²) in [5.74, 6) is -0.767. The van der Waals surface area contributed by atoms with Gasteiger partial charge in [-0.1, -0.05) is 29.3 Å². The van der Waals surface area contributed by atoms with Gasteiger partial charge in [0.2, 0.25) is 15.9 Å². The molecule has 3 rings (SSSR count). The van der Waals surface area contributed by atoms with Gasteiger partial charge in [-0.2, -0.15) is 17.5 Å². The minimum Gasteiger partial charge on any atom is -0.299 e. The molecule has 12 heteroatoms. The van der Waals surface area contributed by atoms with Crippen molar-refractivity contribution in [2.75, 3.05) is 18.5 Å². The maximum Gasteiger partial charge on any atom is 0.417 e. The average Bonchev–Trinajstić information content (AvgIpc) is 2.71. The topological polar surface area (TPSA) is 78.5 Å². The van der Waals surface area contributed by atoms with Crippen molar-refractivity contribution < 1.29 is 26.4 Å². The van der Waals surface area contributed by atoms with Gasteiger partial charge in [-0.3, -0.25) is 15.6 Å². The number of anilines is 1. The predicted octanol–water partition coefficient (Wildman–Crippen LogP) is 4.56. The largest absolute Gasteiger partial charge is 0.417 e. The maximum atomic E-state index is 13.1.